The minimum atomic E-state index is -0.176. The molecule has 1 heterocycles. The summed E-state index contributed by atoms with van der Waals surface area (Å²) >= 11 is 11.4. The molecule has 0 bridgehead atoms. The molecule has 2 rings (SSSR count). The third kappa shape index (κ3) is 4.58. The van der Waals surface area contributed by atoms with Crippen molar-refractivity contribution in [2.75, 3.05) is 11.1 Å². The Morgan fingerprint density at radius 1 is 1.29 bits per heavy atom. The van der Waals surface area contributed by atoms with Crippen molar-refractivity contribution >= 4 is 40.6 Å². The zero-order chi connectivity index (χ0) is 15.4. The Balaban J connectivity index is 1.99. The maximum absolute atomic E-state index is 12.0. The SMILES string of the molecule is CC(CC(=O)Nc1cc(Cl)nc(Cl)n1)c1ccc(N)cc1. The predicted octanol–water partition coefficient (Wildman–Crippen LogP) is 3.50. The Kier molecular flexibility index (Phi) is 4.98. The highest BCUT2D eigenvalue weighted by atomic mass is 35.5. The maximum Gasteiger partial charge on any atom is 0.226 e. The molecule has 0 aliphatic rings. The van der Waals surface area contributed by atoms with Crippen LogP contribution in [-0.4, -0.2) is 15.9 Å². The number of carbonyl (C=O) groups is 1. The maximum atomic E-state index is 12.0. The van der Waals surface area contributed by atoms with Crippen molar-refractivity contribution in [2.45, 2.75) is 19.3 Å². The van der Waals surface area contributed by atoms with Gasteiger partial charge in [-0.05, 0) is 35.2 Å². The van der Waals surface area contributed by atoms with Crippen LogP contribution in [0.5, 0.6) is 0 Å². The van der Waals surface area contributed by atoms with Crippen molar-refractivity contribution in [2.24, 2.45) is 0 Å². The molecule has 1 aromatic carbocycles. The van der Waals surface area contributed by atoms with E-state index in [-0.39, 0.29) is 28.1 Å². The first-order valence-electron chi connectivity index (χ1n) is 6.29. The van der Waals surface area contributed by atoms with Gasteiger partial charge < -0.3 is 11.1 Å². The molecular weight excluding hydrogens is 311 g/mol. The molecule has 0 saturated carbocycles. The number of halogens is 2. The number of aromatic nitrogens is 2. The lowest BCUT2D eigenvalue weighted by atomic mass is 9.97. The third-order valence-electron chi connectivity index (χ3n) is 2.93. The quantitative estimate of drug-likeness (QED) is 0.512. The summed E-state index contributed by atoms with van der Waals surface area (Å²) in [4.78, 5) is 19.6. The number of nitrogens with zero attached hydrogens (tertiary/aromatic N) is 2. The van der Waals surface area contributed by atoms with Crippen molar-refractivity contribution in [3.8, 4) is 0 Å². The molecule has 110 valence electrons. The van der Waals surface area contributed by atoms with E-state index in [9.17, 15) is 4.79 Å². The average Bonchev–Trinajstić information content (AvgIpc) is 2.37. The Morgan fingerprint density at radius 3 is 2.57 bits per heavy atom. The lowest BCUT2D eigenvalue weighted by molar-refractivity contribution is -0.116. The third-order valence-corrected chi connectivity index (χ3v) is 3.29. The van der Waals surface area contributed by atoms with Crippen LogP contribution in [0.25, 0.3) is 0 Å². The zero-order valence-corrected chi connectivity index (χ0v) is 12.8. The van der Waals surface area contributed by atoms with Gasteiger partial charge in [0.2, 0.25) is 11.2 Å². The normalized spacial score (nSPS) is 12.0. The molecule has 5 nitrogen and oxygen atoms in total. The van der Waals surface area contributed by atoms with Gasteiger partial charge in [0.05, 0.1) is 0 Å². The standard InChI is InChI=1S/C14H14Cl2N4O/c1-8(9-2-4-10(17)5-3-9)6-13(21)19-12-7-11(15)18-14(16)20-12/h2-5,7-8H,6,17H2,1H3,(H,18,19,20,21). The second-order valence-corrected chi connectivity index (χ2v) is 5.39. The number of rotatable bonds is 4. The second-order valence-electron chi connectivity index (χ2n) is 4.66. The van der Waals surface area contributed by atoms with E-state index < -0.39 is 0 Å². The smallest absolute Gasteiger partial charge is 0.226 e. The highest BCUT2D eigenvalue weighted by Crippen LogP contribution is 2.21. The molecule has 2 aromatic rings. The summed E-state index contributed by atoms with van der Waals surface area (Å²) in [6, 6.07) is 8.89. The van der Waals surface area contributed by atoms with Gasteiger partial charge in [-0.25, -0.2) is 9.97 Å². The van der Waals surface area contributed by atoms with Crippen LogP contribution in [0.15, 0.2) is 30.3 Å². The summed E-state index contributed by atoms with van der Waals surface area (Å²) in [7, 11) is 0. The van der Waals surface area contributed by atoms with Crippen molar-refractivity contribution in [3.63, 3.8) is 0 Å². The Labute approximate surface area is 132 Å². The summed E-state index contributed by atoms with van der Waals surface area (Å²) in [5.74, 6) is 0.165. The number of hydrogen-bond donors (Lipinski definition) is 2. The fraction of sp³-hybridized carbons (Fsp3) is 0.214. The topological polar surface area (TPSA) is 80.9 Å². The number of anilines is 2. The fourth-order valence-electron chi connectivity index (χ4n) is 1.87. The first kappa shape index (κ1) is 15.5. The molecule has 0 aliphatic heterocycles. The summed E-state index contributed by atoms with van der Waals surface area (Å²) < 4.78 is 0. The van der Waals surface area contributed by atoms with Crippen LogP contribution in [0, 0.1) is 0 Å². The molecule has 0 radical (unpaired) electrons. The number of benzene rings is 1. The van der Waals surface area contributed by atoms with Crippen molar-refractivity contribution in [1.29, 1.82) is 0 Å². The predicted molar refractivity (Wildman–Crippen MR) is 84.6 cm³/mol. The highest BCUT2D eigenvalue weighted by molar-refractivity contribution is 6.32. The minimum absolute atomic E-state index is 0.00983. The lowest BCUT2D eigenvalue weighted by Gasteiger charge is -2.12. The van der Waals surface area contributed by atoms with E-state index in [1.807, 2.05) is 31.2 Å². The van der Waals surface area contributed by atoms with Crippen molar-refractivity contribution < 1.29 is 4.79 Å². The monoisotopic (exact) mass is 324 g/mol. The first-order valence-corrected chi connectivity index (χ1v) is 7.05. The van der Waals surface area contributed by atoms with Crippen LogP contribution in [0.4, 0.5) is 11.5 Å². The van der Waals surface area contributed by atoms with Crippen LogP contribution in [0.1, 0.15) is 24.8 Å². The number of carbonyl (C=O) groups excluding carboxylic acids is 1. The second kappa shape index (κ2) is 6.74. The van der Waals surface area contributed by atoms with Gasteiger partial charge in [-0.1, -0.05) is 30.7 Å². The van der Waals surface area contributed by atoms with E-state index in [1.54, 1.807) is 0 Å². The summed E-state index contributed by atoms with van der Waals surface area (Å²) in [6.45, 7) is 1.96. The molecule has 0 saturated heterocycles. The molecule has 7 heteroatoms. The van der Waals surface area contributed by atoms with Gasteiger partial charge in [0.15, 0.2) is 0 Å². The van der Waals surface area contributed by atoms with Crippen LogP contribution in [-0.2, 0) is 4.79 Å². The fourth-order valence-corrected chi connectivity index (χ4v) is 2.28. The first-order chi connectivity index (χ1) is 9.94. The largest absolute Gasteiger partial charge is 0.399 e. The molecule has 0 fully saturated rings. The summed E-state index contributed by atoms with van der Waals surface area (Å²) in [5.41, 5.74) is 7.38. The van der Waals surface area contributed by atoms with Crippen LogP contribution in [0.3, 0.4) is 0 Å². The summed E-state index contributed by atoms with van der Waals surface area (Å²) in [5, 5.41) is 2.82. The number of nitrogens with two attached hydrogens (primary N) is 1. The molecule has 21 heavy (non-hydrogen) atoms. The van der Waals surface area contributed by atoms with E-state index in [2.05, 4.69) is 15.3 Å². The van der Waals surface area contributed by atoms with Gasteiger partial charge in [-0.2, -0.15) is 0 Å². The van der Waals surface area contributed by atoms with Gasteiger partial charge in [0, 0.05) is 18.2 Å². The molecule has 0 spiro atoms. The van der Waals surface area contributed by atoms with E-state index in [4.69, 9.17) is 28.9 Å². The molecule has 3 N–H and O–H groups in total. The van der Waals surface area contributed by atoms with Gasteiger partial charge >= 0.3 is 0 Å². The Morgan fingerprint density at radius 2 is 1.95 bits per heavy atom. The average molecular weight is 325 g/mol. The van der Waals surface area contributed by atoms with Gasteiger partial charge in [0.25, 0.3) is 0 Å². The summed E-state index contributed by atoms with van der Waals surface area (Å²) in [6.07, 6.45) is 0.309. The highest BCUT2D eigenvalue weighted by Gasteiger charge is 2.12. The van der Waals surface area contributed by atoms with E-state index >= 15 is 0 Å². The molecule has 1 atom stereocenters. The Hall–Kier alpha value is -1.85. The van der Waals surface area contributed by atoms with Gasteiger partial charge in [-0.15, -0.1) is 0 Å². The minimum Gasteiger partial charge on any atom is -0.399 e. The van der Waals surface area contributed by atoms with E-state index in [0.717, 1.165) is 5.56 Å². The van der Waals surface area contributed by atoms with Crippen LogP contribution < -0.4 is 11.1 Å². The van der Waals surface area contributed by atoms with E-state index in [0.29, 0.717) is 12.1 Å². The van der Waals surface area contributed by atoms with Gasteiger partial charge in [-0.3, -0.25) is 4.79 Å². The molecule has 1 unspecified atom stereocenters. The molecular formula is C14H14Cl2N4O. The van der Waals surface area contributed by atoms with Crippen LogP contribution >= 0.6 is 23.2 Å². The van der Waals surface area contributed by atoms with Crippen LogP contribution in [0.2, 0.25) is 10.4 Å². The van der Waals surface area contributed by atoms with Crippen molar-refractivity contribution in [3.05, 3.63) is 46.3 Å². The van der Waals surface area contributed by atoms with Gasteiger partial charge in [0.1, 0.15) is 11.0 Å². The molecule has 0 aliphatic carbocycles. The Bertz CT molecular complexity index is 626. The van der Waals surface area contributed by atoms with E-state index in [1.165, 1.54) is 6.07 Å². The zero-order valence-electron chi connectivity index (χ0n) is 11.3. The van der Waals surface area contributed by atoms with Crippen molar-refractivity contribution in [1.82, 2.24) is 9.97 Å². The number of nitrogens with one attached hydrogen (secondary N) is 1. The number of amides is 1. The molecule has 1 aromatic heterocycles. The lowest BCUT2D eigenvalue weighted by Crippen LogP contribution is -2.15. The number of nitrogen functional groups attached to an aromatic ring is 1. The molecule has 1 amide bonds. The number of hydrogen-bond acceptors (Lipinski definition) is 4.